The van der Waals surface area contributed by atoms with Gasteiger partial charge in [-0.1, -0.05) is 20.8 Å². The number of rotatable bonds is 0. The summed E-state index contributed by atoms with van der Waals surface area (Å²) in [7, 11) is 0. The smallest absolute Gasteiger partial charge is 0.0578 e. The molecule has 2 bridgehead atoms. The van der Waals surface area contributed by atoms with Crippen LogP contribution in [0.1, 0.15) is 40.0 Å². The van der Waals surface area contributed by atoms with Crippen LogP contribution in [-0.2, 0) is 4.74 Å². The van der Waals surface area contributed by atoms with Crippen molar-refractivity contribution in [1.29, 1.82) is 0 Å². The molecule has 0 aromatic rings. The zero-order valence-corrected chi connectivity index (χ0v) is 7.97. The van der Waals surface area contributed by atoms with Crippen LogP contribution in [0.15, 0.2) is 0 Å². The van der Waals surface area contributed by atoms with Gasteiger partial charge in [-0.2, -0.15) is 0 Å². The topological polar surface area (TPSA) is 9.23 Å². The first kappa shape index (κ1) is 9.05. The lowest BCUT2D eigenvalue weighted by Gasteiger charge is -2.40. The first-order valence-electron chi connectivity index (χ1n) is 4.98. The van der Waals surface area contributed by atoms with E-state index >= 15 is 0 Å². The van der Waals surface area contributed by atoms with E-state index in [0.717, 1.165) is 18.4 Å². The highest BCUT2D eigenvalue weighted by atomic mass is 16.5. The maximum Gasteiger partial charge on any atom is 0.0578 e. The average molecular weight is 156 g/mol. The van der Waals surface area contributed by atoms with Crippen molar-refractivity contribution in [1.82, 2.24) is 0 Å². The van der Waals surface area contributed by atoms with E-state index in [1.807, 2.05) is 13.8 Å². The Hall–Kier alpha value is -0.0400. The molecule has 66 valence electrons. The van der Waals surface area contributed by atoms with E-state index < -0.39 is 0 Å². The van der Waals surface area contributed by atoms with Crippen LogP contribution in [0.25, 0.3) is 0 Å². The van der Waals surface area contributed by atoms with Crippen LogP contribution < -0.4 is 0 Å². The van der Waals surface area contributed by atoms with Gasteiger partial charge in [0.2, 0.25) is 0 Å². The minimum absolute atomic E-state index is 0.630. The van der Waals surface area contributed by atoms with E-state index in [1.165, 1.54) is 19.3 Å². The Morgan fingerprint density at radius 1 is 1.18 bits per heavy atom. The number of hydrogen-bond donors (Lipinski definition) is 0. The average Bonchev–Trinajstić information content (AvgIpc) is 2.10. The minimum atomic E-state index is 0.630. The second-order valence-corrected chi connectivity index (χ2v) is 3.51. The summed E-state index contributed by atoms with van der Waals surface area (Å²) in [5.74, 6) is 1.84. The summed E-state index contributed by atoms with van der Waals surface area (Å²) in [5, 5.41) is 0. The summed E-state index contributed by atoms with van der Waals surface area (Å²) in [4.78, 5) is 0. The first-order chi connectivity index (χ1) is 5.36. The third kappa shape index (κ3) is 1.96. The summed E-state index contributed by atoms with van der Waals surface area (Å²) in [6.07, 6.45) is 4.70. The molecule has 11 heavy (non-hydrogen) atoms. The lowest BCUT2D eigenvalue weighted by atomic mass is 9.77. The van der Waals surface area contributed by atoms with E-state index in [1.54, 1.807) is 0 Å². The van der Waals surface area contributed by atoms with Crippen molar-refractivity contribution in [3.05, 3.63) is 0 Å². The quantitative estimate of drug-likeness (QED) is 0.524. The van der Waals surface area contributed by atoms with Crippen LogP contribution in [0.2, 0.25) is 0 Å². The Morgan fingerprint density at radius 2 is 1.91 bits per heavy atom. The molecule has 1 nitrogen and oxygen atoms in total. The van der Waals surface area contributed by atoms with Gasteiger partial charge in [-0.3, -0.25) is 0 Å². The maximum atomic E-state index is 5.55. The van der Waals surface area contributed by atoms with E-state index in [0.29, 0.717) is 6.10 Å². The molecule has 2 aliphatic heterocycles. The van der Waals surface area contributed by atoms with Crippen LogP contribution in [-0.4, -0.2) is 12.7 Å². The molecule has 1 saturated carbocycles. The minimum Gasteiger partial charge on any atom is -0.378 e. The second-order valence-electron chi connectivity index (χ2n) is 3.51. The summed E-state index contributed by atoms with van der Waals surface area (Å²) >= 11 is 0. The van der Waals surface area contributed by atoms with E-state index in [4.69, 9.17) is 4.74 Å². The highest BCUT2D eigenvalue weighted by molar-refractivity contribution is 4.82. The summed E-state index contributed by atoms with van der Waals surface area (Å²) < 4.78 is 5.55. The van der Waals surface area contributed by atoms with E-state index in [-0.39, 0.29) is 0 Å². The molecule has 0 N–H and O–H groups in total. The van der Waals surface area contributed by atoms with Gasteiger partial charge in [0, 0.05) is 0 Å². The van der Waals surface area contributed by atoms with Crippen molar-refractivity contribution < 1.29 is 4.74 Å². The van der Waals surface area contributed by atoms with Crippen LogP contribution in [0, 0.1) is 11.8 Å². The molecule has 3 fully saturated rings. The van der Waals surface area contributed by atoms with Gasteiger partial charge in [0.05, 0.1) is 12.7 Å². The van der Waals surface area contributed by atoms with Gasteiger partial charge >= 0.3 is 0 Å². The van der Waals surface area contributed by atoms with Gasteiger partial charge in [0.1, 0.15) is 0 Å². The van der Waals surface area contributed by atoms with E-state index in [2.05, 4.69) is 6.92 Å². The van der Waals surface area contributed by atoms with Crippen molar-refractivity contribution in [3.63, 3.8) is 0 Å². The molecule has 3 aliphatic rings. The number of ether oxygens (including phenoxy) is 1. The van der Waals surface area contributed by atoms with Gasteiger partial charge in [-0.15, -0.1) is 0 Å². The summed E-state index contributed by atoms with van der Waals surface area (Å²) in [5.41, 5.74) is 0. The van der Waals surface area contributed by atoms with Crippen molar-refractivity contribution in [2.24, 2.45) is 11.8 Å². The molecule has 0 spiro atoms. The fraction of sp³-hybridized carbons (Fsp3) is 1.00. The van der Waals surface area contributed by atoms with Crippen molar-refractivity contribution >= 4 is 0 Å². The second kappa shape index (κ2) is 4.10. The van der Waals surface area contributed by atoms with Gasteiger partial charge in [0.25, 0.3) is 0 Å². The summed E-state index contributed by atoms with van der Waals surface area (Å²) in [6, 6.07) is 0. The predicted molar refractivity (Wildman–Crippen MR) is 47.6 cm³/mol. The normalized spacial score (nSPS) is 41.2. The molecule has 3 unspecified atom stereocenters. The molecule has 0 amide bonds. The number of fused-ring (bicyclic) bond motifs is 3. The Balaban J connectivity index is 0.000000281. The van der Waals surface area contributed by atoms with Gasteiger partial charge in [-0.05, 0) is 31.1 Å². The molecule has 0 aromatic carbocycles. The van der Waals surface area contributed by atoms with Crippen LogP contribution >= 0.6 is 0 Å². The standard InChI is InChI=1S/C8H14O.C2H6/c1-6-4-8-3-2-7(6)5-9-8;1-2/h6-8H,2-5H2,1H3;1-2H3. The molecular formula is C10H20O. The third-order valence-corrected chi connectivity index (χ3v) is 2.84. The van der Waals surface area contributed by atoms with Crippen LogP contribution in [0.3, 0.4) is 0 Å². The van der Waals surface area contributed by atoms with Crippen LogP contribution in [0.5, 0.6) is 0 Å². The fourth-order valence-electron chi connectivity index (χ4n) is 2.07. The summed E-state index contributed by atoms with van der Waals surface area (Å²) in [6.45, 7) is 7.41. The zero-order valence-electron chi connectivity index (χ0n) is 7.97. The predicted octanol–water partition coefficient (Wildman–Crippen LogP) is 2.85. The number of hydrogen-bond acceptors (Lipinski definition) is 1. The molecule has 2 heterocycles. The Morgan fingerprint density at radius 3 is 2.09 bits per heavy atom. The molecule has 1 heteroatoms. The third-order valence-electron chi connectivity index (χ3n) is 2.84. The van der Waals surface area contributed by atoms with Gasteiger partial charge in [0.15, 0.2) is 0 Å². The van der Waals surface area contributed by atoms with Gasteiger partial charge in [-0.25, -0.2) is 0 Å². The van der Waals surface area contributed by atoms with E-state index in [9.17, 15) is 0 Å². The Bertz CT molecular complexity index is 103. The zero-order chi connectivity index (χ0) is 8.27. The van der Waals surface area contributed by atoms with Crippen molar-refractivity contribution in [2.75, 3.05) is 6.61 Å². The molecule has 1 aliphatic carbocycles. The van der Waals surface area contributed by atoms with Crippen molar-refractivity contribution in [3.8, 4) is 0 Å². The molecule has 0 radical (unpaired) electrons. The lowest BCUT2D eigenvalue weighted by molar-refractivity contribution is -0.0880. The van der Waals surface area contributed by atoms with Crippen molar-refractivity contribution in [2.45, 2.75) is 46.1 Å². The van der Waals surface area contributed by atoms with Gasteiger partial charge < -0.3 is 4.74 Å². The highest BCUT2D eigenvalue weighted by Crippen LogP contribution is 2.36. The molecule has 0 aromatic heterocycles. The first-order valence-corrected chi connectivity index (χ1v) is 4.98. The molecular weight excluding hydrogens is 136 g/mol. The van der Waals surface area contributed by atoms with Crippen LogP contribution in [0.4, 0.5) is 0 Å². The Kier molecular flexibility index (Phi) is 3.38. The molecule has 2 saturated heterocycles. The highest BCUT2D eigenvalue weighted by Gasteiger charge is 2.33. The molecule has 3 atom stereocenters. The lowest BCUT2D eigenvalue weighted by Crippen LogP contribution is -2.38. The fourth-order valence-corrected chi connectivity index (χ4v) is 2.07. The maximum absolute atomic E-state index is 5.55. The SMILES string of the molecule is CC.CC1CC2CCC1CO2. The largest absolute Gasteiger partial charge is 0.378 e. The Labute approximate surface area is 70.1 Å². The molecule has 3 rings (SSSR count). The monoisotopic (exact) mass is 156 g/mol.